The monoisotopic (exact) mass is 506 g/mol. The molecule has 3 aliphatic rings. The number of fused-ring (bicyclic) bond motifs is 1. The minimum absolute atomic E-state index is 0.00959. The second-order valence-corrected chi connectivity index (χ2v) is 10.3. The Bertz CT molecular complexity index is 1320. The molecule has 8 heteroatoms. The van der Waals surface area contributed by atoms with Crippen LogP contribution in [0.3, 0.4) is 0 Å². The van der Waals surface area contributed by atoms with Gasteiger partial charge in [0.1, 0.15) is 5.75 Å². The fraction of sp³-hybridized carbons (Fsp3) is 0.357. The minimum atomic E-state index is -0.614. The highest BCUT2D eigenvalue weighted by atomic mass is 35.5. The average Bonchev–Trinajstić information content (AvgIpc) is 3.34. The molecule has 2 aromatic carbocycles. The van der Waals surface area contributed by atoms with Crippen molar-refractivity contribution in [2.45, 2.75) is 33.6 Å². The first-order valence-corrected chi connectivity index (χ1v) is 12.5. The molecule has 2 aromatic rings. The van der Waals surface area contributed by atoms with Gasteiger partial charge in [-0.1, -0.05) is 36.7 Å². The molecule has 0 saturated carbocycles. The fourth-order valence-corrected chi connectivity index (χ4v) is 5.57. The summed E-state index contributed by atoms with van der Waals surface area (Å²) in [5.74, 6) is -2.02. The zero-order valence-corrected chi connectivity index (χ0v) is 21.1. The molecule has 0 unspecified atom stereocenters. The van der Waals surface area contributed by atoms with Crippen LogP contribution in [0.15, 0.2) is 48.6 Å². The Morgan fingerprint density at radius 1 is 1.03 bits per heavy atom. The third kappa shape index (κ3) is 4.11. The Hall–Kier alpha value is -3.45. The molecule has 0 spiro atoms. The summed E-state index contributed by atoms with van der Waals surface area (Å²) >= 11 is 6.20. The van der Waals surface area contributed by atoms with Crippen molar-refractivity contribution in [3.63, 3.8) is 0 Å². The molecule has 186 valence electrons. The molecule has 7 nitrogen and oxygen atoms in total. The van der Waals surface area contributed by atoms with Crippen molar-refractivity contribution in [2.75, 3.05) is 16.3 Å². The number of amides is 3. The van der Waals surface area contributed by atoms with E-state index in [0.29, 0.717) is 34.1 Å². The van der Waals surface area contributed by atoms with Crippen LogP contribution in [-0.2, 0) is 19.2 Å². The molecule has 0 aromatic heterocycles. The van der Waals surface area contributed by atoms with Crippen LogP contribution >= 0.6 is 11.6 Å². The van der Waals surface area contributed by atoms with Gasteiger partial charge in [0.2, 0.25) is 17.7 Å². The molecule has 2 saturated heterocycles. The van der Waals surface area contributed by atoms with E-state index in [1.165, 1.54) is 4.90 Å². The Kier molecular flexibility index (Phi) is 6.20. The first kappa shape index (κ1) is 24.3. The zero-order chi connectivity index (χ0) is 25.7. The quantitative estimate of drug-likeness (QED) is 0.261. The Morgan fingerprint density at radius 3 is 2.50 bits per heavy atom. The van der Waals surface area contributed by atoms with Crippen LogP contribution in [0.5, 0.6) is 5.75 Å². The summed E-state index contributed by atoms with van der Waals surface area (Å²) in [5, 5.41) is 0.557. The van der Waals surface area contributed by atoms with Crippen LogP contribution in [0, 0.1) is 37.5 Å². The molecule has 3 amide bonds. The van der Waals surface area contributed by atoms with Crippen molar-refractivity contribution in [2.24, 2.45) is 23.7 Å². The molecule has 0 radical (unpaired) electrons. The molecule has 2 heterocycles. The van der Waals surface area contributed by atoms with Gasteiger partial charge in [0.15, 0.2) is 0 Å². The van der Waals surface area contributed by atoms with Crippen LogP contribution in [0.1, 0.15) is 30.9 Å². The largest absolute Gasteiger partial charge is 0.426 e. The van der Waals surface area contributed by atoms with Gasteiger partial charge < -0.3 is 9.64 Å². The summed E-state index contributed by atoms with van der Waals surface area (Å²) in [6, 6.07) is 10.2. The van der Waals surface area contributed by atoms with Gasteiger partial charge in [0.05, 0.1) is 23.4 Å². The first-order chi connectivity index (χ1) is 17.2. The second kappa shape index (κ2) is 9.21. The second-order valence-electron chi connectivity index (χ2n) is 9.88. The van der Waals surface area contributed by atoms with E-state index in [1.54, 1.807) is 36.1 Å². The van der Waals surface area contributed by atoms with Crippen molar-refractivity contribution >= 4 is 46.7 Å². The molecule has 2 fully saturated rings. The van der Waals surface area contributed by atoms with Crippen LogP contribution in [-0.4, -0.2) is 30.2 Å². The molecule has 4 atom stereocenters. The van der Waals surface area contributed by atoms with Crippen molar-refractivity contribution < 1.29 is 23.9 Å². The Morgan fingerprint density at radius 2 is 1.81 bits per heavy atom. The van der Waals surface area contributed by atoms with Gasteiger partial charge in [-0.3, -0.25) is 19.2 Å². The highest BCUT2D eigenvalue weighted by Gasteiger charge is 2.50. The SMILES string of the molecule is Cc1ccc(N2C[C@H](C(=O)Oc3ccc(N4C(=O)[C@@H]5[C@H](C)C=CC[C@H]5C4=O)c(C)c3)CC2=O)cc1Cl. The predicted molar refractivity (Wildman–Crippen MR) is 136 cm³/mol. The summed E-state index contributed by atoms with van der Waals surface area (Å²) < 4.78 is 5.60. The normalized spacial score (nSPS) is 25.5. The van der Waals surface area contributed by atoms with Crippen LogP contribution in [0.25, 0.3) is 0 Å². The smallest absolute Gasteiger partial charge is 0.316 e. The number of rotatable bonds is 4. The average molecular weight is 507 g/mol. The van der Waals surface area contributed by atoms with Gasteiger partial charge >= 0.3 is 5.97 Å². The van der Waals surface area contributed by atoms with E-state index in [1.807, 2.05) is 38.1 Å². The maximum Gasteiger partial charge on any atom is 0.316 e. The number of allylic oxidation sites excluding steroid dienone is 2. The maximum absolute atomic E-state index is 13.1. The number of carbonyl (C=O) groups is 4. The van der Waals surface area contributed by atoms with Crippen molar-refractivity contribution in [1.29, 1.82) is 0 Å². The lowest BCUT2D eigenvalue weighted by molar-refractivity contribution is -0.139. The van der Waals surface area contributed by atoms with Crippen LogP contribution in [0.4, 0.5) is 11.4 Å². The third-order valence-electron chi connectivity index (χ3n) is 7.43. The van der Waals surface area contributed by atoms with Gasteiger partial charge in [0.25, 0.3) is 0 Å². The highest BCUT2D eigenvalue weighted by molar-refractivity contribution is 6.31. The van der Waals surface area contributed by atoms with Crippen LogP contribution in [0.2, 0.25) is 5.02 Å². The highest BCUT2D eigenvalue weighted by Crippen LogP contribution is 2.41. The zero-order valence-electron chi connectivity index (χ0n) is 20.4. The van der Waals surface area contributed by atoms with E-state index in [9.17, 15) is 19.2 Å². The van der Waals surface area contributed by atoms with E-state index in [4.69, 9.17) is 16.3 Å². The lowest BCUT2D eigenvalue weighted by atomic mass is 9.78. The van der Waals surface area contributed by atoms with E-state index >= 15 is 0 Å². The van der Waals surface area contributed by atoms with Gasteiger partial charge in [-0.05, 0) is 67.6 Å². The molecular weight excluding hydrogens is 480 g/mol. The number of ether oxygens (including phenoxy) is 1. The first-order valence-electron chi connectivity index (χ1n) is 12.1. The van der Waals surface area contributed by atoms with E-state index in [-0.39, 0.29) is 48.4 Å². The molecule has 2 aliphatic heterocycles. The van der Waals surface area contributed by atoms with Gasteiger partial charge in [-0.25, -0.2) is 4.90 Å². The van der Waals surface area contributed by atoms with Crippen LogP contribution < -0.4 is 14.5 Å². The van der Waals surface area contributed by atoms with Crippen molar-refractivity contribution in [3.8, 4) is 5.75 Å². The summed E-state index contributed by atoms with van der Waals surface area (Å²) in [4.78, 5) is 54.4. The van der Waals surface area contributed by atoms with Crippen molar-refractivity contribution in [3.05, 3.63) is 64.7 Å². The number of carbonyl (C=O) groups excluding carboxylic acids is 4. The number of nitrogens with zero attached hydrogens (tertiary/aromatic N) is 2. The number of hydrogen-bond donors (Lipinski definition) is 0. The summed E-state index contributed by atoms with van der Waals surface area (Å²) in [7, 11) is 0. The predicted octanol–water partition coefficient (Wildman–Crippen LogP) is 4.62. The topological polar surface area (TPSA) is 84.0 Å². The Balaban J connectivity index is 1.29. The van der Waals surface area contributed by atoms with E-state index < -0.39 is 11.9 Å². The minimum Gasteiger partial charge on any atom is -0.426 e. The van der Waals surface area contributed by atoms with Gasteiger partial charge in [0, 0.05) is 23.7 Å². The standard InChI is InChI=1S/C28H27ClN2O5/c1-15-7-8-19(13-22(15)29)30-14-18(12-24(30)32)28(35)36-20-9-10-23(17(3)11-20)31-26(33)21-6-4-5-16(2)25(21)27(31)34/h4-5,7-11,13,16,18,21,25H,6,12,14H2,1-3H3/t16-,18-,21-,25-/m1/s1. The number of aryl methyl sites for hydroxylation is 2. The van der Waals surface area contributed by atoms with Gasteiger partial charge in [-0.2, -0.15) is 0 Å². The number of hydrogen-bond acceptors (Lipinski definition) is 5. The Labute approximate surface area is 214 Å². The molecule has 1 aliphatic carbocycles. The number of anilines is 2. The molecular formula is C28H27ClN2O5. The number of halogens is 1. The number of esters is 1. The van der Waals surface area contributed by atoms with E-state index in [0.717, 1.165) is 5.56 Å². The number of imide groups is 1. The molecule has 0 bridgehead atoms. The summed E-state index contributed by atoms with van der Waals surface area (Å²) in [6.07, 6.45) is 4.58. The number of benzene rings is 2. The summed E-state index contributed by atoms with van der Waals surface area (Å²) in [6.45, 7) is 5.82. The summed E-state index contributed by atoms with van der Waals surface area (Å²) in [5.41, 5.74) is 2.71. The molecule has 36 heavy (non-hydrogen) atoms. The third-order valence-corrected chi connectivity index (χ3v) is 7.83. The molecule has 5 rings (SSSR count). The van der Waals surface area contributed by atoms with E-state index in [2.05, 4.69) is 0 Å². The fourth-order valence-electron chi connectivity index (χ4n) is 5.39. The van der Waals surface area contributed by atoms with Gasteiger partial charge in [-0.15, -0.1) is 0 Å². The maximum atomic E-state index is 13.1. The molecule has 0 N–H and O–H groups in total. The lowest BCUT2D eigenvalue weighted by Gasteiger charge is -2.22. The van der Waals surface area contributed by atoms with Crippen molar-refractivity contribution in [1.82, 2.24) is 0 Å². The lowest BCUT2D eigenvalue weighted by Crippen LogP contribution is -2.32.